The molecule has 0 atom stereocenters. The molecular formula is CH6O6Zn. The van der Waals surface area contributed by atoms with Crippen LogP contribution in [0.4, 0.5) is 4.79 Å². The number of carbonyl (C=O) groups is 1. The smallest absolute Gasteiger partial charge is 0.870 e. The molecule has 0 aliphatic heterocycles. The number of rotatable bonds is 0. The zero-order chi connectivity index (χ0) is 3.58. The molecule has 0 amide bonds. The van der Waals surface area contributed by atoms with Crippen molar-refractivity contribution in [2.45, 2.75) is 0 Å². The minimum atomic E-state index is -1.83. The van der Waals surface area contributed by atoms with E-state index in [0.717, 1.165) is 0 Å². The van der Waals surface area contributed by atoms with E-state index in [1.54, 1.807) is 0 Å². The van der Waals surface area contributed by atoms with Crippen LogP contribution in [0.3, 0.4) is 0 Å². The Bertz CT molecular complexity index is 31.5. The molecular weight excluding hydrogens is 173 g/mol. The van der Waals surface area contributed by atoms with Crippen molar-refractivity contribution in [2.75, 3.05) is 0 Å². The first-order valence-corrected chi connectivity index (χ1v) is 0.651. The number of carboxylic acid groups (broad SMARTS) is 2. The van der Waals surface area contributed by atoms with Crippen LogP contribution in [0.25, 0.3) is 0 Å². The van der Waals surface area contributed by atoms with Crippen molar-refractivity contribution in [3.05, 3.63) is 0 Å². The van der Waals surface area contributed by atoms with Gasteiger partial charge < -0.3 is 26.6 Å². The van der Waals surface area contributed by atoms with Gasteiger partial charge in [0.1, 0.15) is 0 Å². The fourth-order valence-corrected chi connectivity index (χ4v) is 0. The van der Waals surface area contributed by atoms with E-state index in [9.17, 15) is 0 Å². The predicted octanol–water partition coefficient (Wildman–Crippen LogP) is -0.958. The van der Waals surface area contributed by atoms with Crippen molar-refractivity contribution in [1.29, 1.82) is 0 Å². The first kappa shape index (κ1) is 46.4. The zero-order valence-electron chi connectivity index (χ0n) is 3.90. The maximum atomic E-state index is 8.56. The molecule has 0 spiro atoms. The van der Waals surface area contributed by atoms with Crippen molar-refractivity contribution in [3.8, 4) is 0 Å². The Morgan fingerprint density at radius 3 is 1.12 bits per heavy atom. The summed E-state index contributed by atoms with van der Waals surface area (Å²) in [5, 5.41) is 13.9. The minimum Gasteiger partial charge on any atom is -0.870 e. The molecule has 6 N–H and O–H groups in total. The van der Waals surface area contributed by atoms with E-state index in [2.05, 4.69) is 0 Å². The van der Waals surface area contributed by atoms with Crippen LogP contribution in [0.15, 0.2) is 0 Å². The van der Waals surface area contributed by atoms with E-state index in [1.165, 1.54) is 0 Å². The Morgan fingerprint density at radius 2 is 1.12 bits per heavy atom. The van der Waals surface area contributed by atoms with Gasteiger partial charge in [0, 0.05) is 0 Å². The van der Waals surface area contributed by atoms with Crippen LogP contribution in [0, 0.1) is 0 Å². The first-order chi connectivity index (χ1) is 1.73. The zero-order valence-corrected chi connectivity index (χ0v) is 6.87. The maximum Gasteiger partial charge on any atom is 2.00 e. The molecule has 7 heteroatoms. The average Bonchev–Trinajstić information content (AvgIpc) is 0.811. The third-order valence-corrected chi connectivity index (χ3v) is 0. The Kier molecular flexibility index (Phi) is 170. The third kappa shape index (κ3) is 2560. The molecule has 0 aliphatic carbocycles. The quantitative estimate of drug-likeness (QED) is 0.459. The molecule has 0 saturated carbocycles. The average molecular weight is 179 g/mol. The summed E-state index contributed by atoms with van der Waals surface area (Å²) < 4.78 is 0. The second-order valence-corrected chi connectivity index (χ2v) is 0.283. The number of hydrogen-bond acceptors (Lipinski definition) is 3. The monoisotopic (exact) mass is 178 g/mol. The van der Waals surface area contributed by atoms with Crippen LogP contribution in [0.1, 0.15) is 0 Å². The van der Waals surface area contributed by atoms with Crippen molar-refractivity contribution >= 4 is 6.16 Å². The van der Waals surface area contributed by atoms with E-state index in [-0.39, 0.29) is 35.9 Å². The molecule has 6 nitrogen and oxygen atoms in total. The Morgan fingerprint density at radius 1 is 1.12 bits per heavy atom. The minimum absolute atomic E-state index is 0. The first-order valence-electron chi connectivity index (χ1n) is 0.651. The summed E-state index contributed by atoms with van der Waals surface area (Å²) in [5.74, 6) is 0. The fraction of sp³-hybridized carbons (Fsp3) is 0. The Labute approximate surface area is 57.8 Å². The molecule has 0 aromatic heterocycles. The Balaban J connectivity index is -0.00000000750. The summed E-state index contributed by atoms with van der Waals surface area (Å²) in [6, 6.07) is 0. The van der Waals surface area contributed by atoms with Gasteiger partial charge in [-0.2, -0.15) is 0 Å². The molecule has 0 bridgehead atoms. The van der Waals surface area contributed by atoms with Crippen molar-refractivity contribution in [1.82, 2.24) is 0 Å². The summed E-state index contributed by atoms with van der Waals surface area (Å²) in [4.78, 5) is 8.56. The fourth-order valence-electron chi connectivity index (χ4n) is 0. The molecule has 0 rings (SSSR count). The summed E-state index contributed by atoms with van der Waals surface area (Å²) in [6.45, 7) is 0. The molecule has 8 heavy (non-hydrogen) atoms. The van der Waals surface area contributed by atoms with E-state index in [0.29, 0.717) is 0 Å². The van der Waals surface area contributed by atoms with Gasteiger partial charge in [0.25, 0.3) is 0 Å². The van der Waals surface area contributed by atoms with Crippen LogP contribution >= 0.6 is 0 Å². The van der Waals surface area contributed by atoms with Crippen LogP contribution in [-0.4, -0.2) is 32.8 Å². The second kappa shape index (κ2) is 29.4. The molecule has 48 valence electrons. The molecule has 0 fully saturated rings. The van der Waals surface area contributed by atoms with Gasteiger partial charge in [-0.3, -0.25) is 0 Å². The third-order valence-electron chi connectivity index (χ3n) is 0. The van der Waals surface area contributed by atoms with E-state index < -0.39 is 6.16 Å². The van der Waals surface area contributed by atoms with Crippen LogP contribution < -0.4 is 0 Å². The van der Waals surface area contributed by atoms with Gasteiger partial charge in [0.15, 0.2) is 0 Å². The van der Waals surface area contributed by atoms with Gasteiger partial charge in [-0.1, -0.05) is 0 Å². The van der Waals surface area contributed by atoms with E-state index in [4.69, 9.17) is 15.0 Å². The van der Waals surface area contributed by atoms with Gasteiger partial charge in [0.05, 0.1) is 0 Å². The van der Waals surface area contributed by atoms with Crippen molar-refractivity contribution in [3.63, 3.8) is 0 Å². The Hall–Kier alpha value is -0.227. The summed E-state index contributed by atoms with van der Waals surface area (Å²) in [6.07, 6.45) is -1.83. The molecule has 0 aromatic rings. The molecule has 0 unspecified atom stereocenters. The van der Waals surface area contributed by atoms with Gasteiger partial charge in [0.2, 0.25) is 0 Å². The number of hydrogen-bond donors (Lipinski definition) is 2. The van der Waals surface area contributed by atoms with Crippen LogP contribution in [0.5, 0.6) is 0 Å². The summed E-state index contributed by atoms with van der Waals surface area (Å²) in [7, 11) is 0. The second-order valence-electron chi connectivity index (χ2n) is 0.283. The predicted molar refractivity (Wildman–Crippen MR) is 18.1 cm³/mol. The topological polar surface area (TPSA) is 149 Å². The standard InChI is InChI=1S/CH2O3.3H2O.Zn/c2-1(3)4;;;;/h(H2,2,3,4);3*1H2;/q;;;;+2/p-2. The van der Waals surface area contributed by atoms with E-state index in [1.807, 2.05) is 0 Å². The van der Waals surface area contributed by atoms with Crippen molar-refractivity contribution in [2.24, 2.45) is 0 Å². The normalized spacial score (nSPS) is 3.00. The molecule has 0 aromatic carbocycles. The van der Waals surface area contributed by atoms with Gasteiger partial charge in [-0.25, -0.2) is 4.79 Å². The summed E-state index contributed by atoms with van der Waals surface area (Å²) in [5.41, 5.74) is 0. The molecule has 0 saturated heterocycles. The SMILES string of the molecule is O.O=C(O)O.[OH-].[OH-].[Zn+2]. The van der Waals surface area contributed by atoms with Crippen LogP contribution in [0.2, 0.25) is 0 Å². The van der Waals surface area contributed by atoms with Gasteiger partial charge in [-0.15, -0.1) is 0 Å². The maximum absolute atomic E-state index is 8.56. The molecule has 0 heterocycles. The van der Waals surface area contributed by atoms with Crippen molar-refractivity contribution < 1.29 is 50.9 Å². The largest absolute Gasteiger partial charge is 2.00 e. The molecule has 0 aliphatic rings. The van der Waals surface area contributed by atoms with Gasteiger partial charge >= 0.3 is 25.6 Å². The molecule has 0 radical (unpaired) electrons. The summed E-state index contributed by atoms with van der Waals surface area (Å²) >= 11 is 0. The van der Waals surface area contributed by atoms with Gasteiger partial charge in [-0.05, 0) is 0 Å². The van der Waals surface area contributed by atoms with E-state index >= 15 is 0 Å². The van der Waals surface area contributed by atoms with Crippen LogP contribution in [-0.2, 0) is 19.5 Å².